The van der Waals surface area contributed by atoms with Crippen molar-refractivity contribution < 1.29 is 14.3 Å². The highest BCUT2D eigenvalue weighted by atomic mass is 16.4. The van der Waals surface area contributed by atoms with Crippen molar-refractivity contribution in [3.05, 3.63) is 59.5 Å². The van der Waals surface area contributed by atoms with Crippen LogP contribution in [0.1, 0.15) is 21.7 Å². The average molecular weight is 242 g/mol. The van der Waals surface area contributed by atoms with Gasteiger partial charge in [-0.2, -0.15) is 10.2 Å². The Hall–Kier alpha value is -2.69. The van der Waals surface area contributed by atoms with Gasteiger partial charge in [-0.3, -0.25) is 0 Å². The van der Waals surface area contributed by atoms with Crippen LogP contribution in [0.4, 0.5) is 0 Å². The Morgan fingerprint density at radius 2 is 1.89 bits per heavy atom. The van der Waals surface area contributed by atoms with Gasteiger partial charge in [-0.1, -0.05) is 18.2 Å². The van der Waals surface area contributed by atoms with E-state index in [-0.39, 0.29) is 5.56 Å². The molecule has 0 aliphatic rings. The van der Waals surface area contributed by atoms with E-state index in [9.17, 15) is 4.79 Å². The van der Waals surface area contributed by atoms with Gasteiger partial charge in [-0.05, 0) is 18.2 Å². The maximum absolute atomic E-state index is 10.9. The van der Waals surface area contributed by atoms with Crippen LogP contribution in [-0.2, 0) is 0 Å². The van der Waals surface area contributed by atoms with E-state index in [0.29, 0.717) is 11.3 Å². The van der Waals surface area contributed by atoms with Crippen LogP contribution >= 0.6 is 0 Å². The summed E-state index contributed by atoms with van der Waals surface area (Å²) in [6.07, 6.45) is 4.37. The van der Waals surface area contributed by atoms with E-state index < -0.39 is 5.97 Å². The molecule has 0 fully saturated rings. The maximum atomic E-state index is 10.9. The molecule has 0 bridgehead atoms. The number of furan rings is 1. The van der Waals surface area contributed by atoms with Gasteiger partial charge in [-0.25, -0.2) is 4.79 Å². The summed E-state index contributed by atoms with van der Waals surface area (Å²) in [5.74, 6) is -0.411. The third kappa shape index (κ3) is 2.91. The second kappa shape index (κ2) is 5.58. The van der Waals surface area contributed by atoms with Crippen molar-refractivity contribution in [2.45, 2.75) is 0 Å². The first kappa shape index (κ1) is 11.8. The lowest BCUT2D eigenvalue weighted by molar-refractivity contribution is 0.0697. The first-order chi connectivity index (χ1) is 8.77. The zero-order chi connectivity index (χ0) is 12.8. The van der Waals surface area contributed by atoms with Gasteiger partial charge in [-0.15, -0.1) is 0 Å². The molecule has 0 unspecified atom stereocenters. The van der Waals surface area contributed by atoms with Crippen LogP contribution in [0.5, 0.6) is 0 Å². The van der Waals surface area contributed by atoms with Gasteiger partial charge in [0.2, 0.25) is 0 Å². The third-order valence-corrected chi connectivity index (χ3v) is 2.18. The predicted molar refractivity (Wildman–Crippen MR) is 67.3 cm³/mol. The zero-order valence-corrected chi connectivity index (χ0v) is 9.35. The zero-order valence-electron chi connectivity index (χ0n) is 9.35. The smallest absolute Gasteiger partial charge is 0.336 e. The van der Waals surface area contributed by atoms with Gasteiger partial charge in [0.1, 0.15) is 5.76 Å². The fourth-order valence-corrected chi connectivity index (χ4v) is 1.35. The van der Waals surface area contributed by atoms with Crippen molar-refractivity contribution in [1.29, 1.82) is 0 Å². The highest BCUT2D eigenvalue weighted by Gasteiger charge is 2.06. The molecule has 0 saturated carbocycles. The summed E-state index contributed by atoms with van der Waals surface area (Å²) in [4.78, 5) is 10.9. The minimum Gasteiger partial charge on any atom is -0.478 e. The molecule has 0 spiro atoms. The summed E-state index contributed by atoms with van der Waals surface area (Å²) in [6, 6.07) is 10.1. The van der Waals surface area contributed by atoms with Crippen LogP contribution in [0, 0.1) is 0 Å². The van der Waals surface area contributed by atoms with Gasteiger partial charge in [0.05, 0.1) is 24.3 Å². The molecule has 0 radical (unpaired) electrons. The lowest BCUT2D eigenvalue weighted by atomic mass is 10.1. The van der Waals surface area contributed by atoms with E-state index in [1.165, 1.54) is 24.8 Å². The summed E-state index contributed by atoms with van der Waals surface area (Å²) in [6.45, 7) is 0. The summed E-state index contributed by atoms with van der Waals surface area (Å²) in [7, 11) is 0. The van der Waals surface area contributed by atoms with Crippen LogP contribution in [0.25, 0.3) is 0 Å². The van der Waals surface area contributed by atoms with Crippen molar-refractivity contribution in [2.24, 2.45) is 10.2 Å². The Kier molecular flexibility index (Phi) is 3.66. The molecule has 1 aromatic heterocycles. The number of carboxylic acids is 1. The third-order valence-electron chi connectivity index (χ3n) is 2.18. The van der Waals surface area contributed by atoms with Crippen LogP contribution in [-0.4, -0.2) is 23.5 Å². The summed E-state index contributed by atoms with van der Waals surface area (Å²) < 4.78 is 5.03. The number of carboxylic acid groups (broad SMARTS) is 1. The molecule has 0 amide bonds. The van der Waals surface area contributed by atoms with E-state index in [1.54, 1.807) is 30.3 Å². The molecule has 1 aromatic carbocycles. The molecule has 5 heteroatoms. The first-order valence-electron chi connectivity index (χ1n) is 5.19. The second-order valence-electron chi connectivity index (χ2n) is 3.40. The number of nitrogens with zero attached hydrogens (tertiary/aromatic N) is 2. The molecule has 1 N–H and O–H groups in total. The van der Waals surface area contributed by atoms with E-state index in [2.05, 4.69) is 10.2 Å². The summed E-state index contributed by atoms with van der Waals surface area (Å²) in [5.41, 5.74) is 0.691. The second-order valence-corrected chi connectivity index (χ2v) is 3.40. The molecule has 2 rings (SSSR count). The Morgan fingerprint density at radius 1 is 1.11 bits per heavy atom. The number of benzene rings is 1. The number of carbonyl (C=O) groups is 1. The topological polar surface area (TPSA) is 75.2 Å². The Morgan fingerprint density at radius 3 is 2.61 bits per heavy atom. The molecule has 2 aromatic rings. The Balaban J connectivity index is 2.12. The van der Waals surface area contributed by atoms with Gasteiger partial charge in [0, 0.05) is 5.56 Å². The minimum absolute atomic E-state index is 0.189. The molecule has 1 heterocycles. The molecule has 18 heavy (non-hydrogen) atoms. The van der Waals surface area contributed by atoms with Crippen molar-refractivity contribution >= 4 is 18.4 Å². The van der Waals surface area contributed by atoms with E-state index in [1.807, 2.05) is 0 Å². The highest BCUT2D eigenvalue weighted by Crippen LogP contribution is 2.06. The van der Waals surface area contributed by atoms with Crippen LogP contribution in [0.3, 0.4) is 0 Å². The van der Waals surface area contributed by atoms with Crippen LogP contribution < -0.4 is 0 Å². The Bertz CT molecular complexity index is 586. The molecule has 5 nitrogen and oxygen atoms in total. The summed E-state index contributed by atoms with van der Waals surface area (Å²) >= 11 is 0. The summed E-state index contributed by atoms with van der Waals surface area (Å²) in [5, 5.41) is 16.5. The van der Waals surface area contributed by atoms with E-state index in [4.69, 9.17) is 9.52 Å². The quantitative estimate of drug-likeness (QED) is 0.660. The monoisotopic (exact) mass is 242 g/mol. The van der Waals surface area contributed by atoms with Gasteiger partial charge in [0.15, 0.2) is 0 Å². The van der Waals surface area contributed by atoms with Crippen molar-refractivity contribution in [2.75, 3.05) is 0 Å². The molecule has 0 aliphatic carbocycles. The number of hydrogen-bond donors (Lipinski definition) is 1. The fourth-order valence-electron chi connectivity index (χ4n) is 1.35. The molecule has 0 saturated heterocycles. The van der Waals surface area contributed by atoms with E-state index >= 15 is 0 Å². The van der Waals surface area contributed by atoms with Crippen molar-refractivity contribution in [3.63, 3.8) is 0 Å². The molecular formula is C13H10N2O3. The van der Waals surface area contributed by atoms with Gasteiger partial charge >= 0.3 is 5.97 Å². The van der Waals surface area contributed by atoms with E-state index in [0.717, 1.165) is 0 Å². The van der Waals surface area contributed by atoms with Crippen molar-refractivity contribution in [1.82, 2.24) is 0 Å². The highest BCUT2D eigenvalue weighted by molar-refractivity contribution is 5.98. The largest absolute Gasteiger partial charge is 0.478 e. The maximum Gasteiger partial charge on any atom is 0.336 e. The normalized spacial score (nSPS) is 11.3. The van der Waals surface area contributed by atoms with Crippen LogP contribution in [0.2, 0.25) is 0 Å². The predicted octanol–water partition coefficient (Wildman–Crippen LogP) is 2.43. The number of hydrogen-bond acceptors (Lipinski definition) is 4. The van der Waals surface area contributed by atoms with Gasteiger partial charge < -0.3 is 9.52 Å². The fraction of sp³-hybridized carbons (Fsp3) is 0. The van der Waals surface area contributed by atoms with Crippen molar-refractivity contribution in [3.8, 4) is 0 Å². The minimum atomic E-state index is -0.993. The lowest BCUT2D eigenvalue weighted by Crippen LogP contribution is -2.00. The van der Waals surface area contributed by atoms with Crippen LogP contribution in [0.15, 0.2) is 57.3 Å². The average Bonchev–Trinajstić information content (AvgIpc) is 2.88. The molecule has 90 valence electrons. The Labute approximate surface area is 103 Å². The SMILES string of the molecule is O=C(O)c1ccccc1/C=N/N=C/c1ccco1. The number of rotatable bonds is 4. The first-order valence-corrected chi connectivity index (χ1v) is 5.19. The van der Waals surface area contributed by atoms with Gasteiger partial charge in [0.25, 0.3) is 0 Å². The molecule has 0 aliphatic heterocycles. The lowest BCUT2D eigenvalue weighted by Gasteiger charge is -1.97. The number of aromatic carboxylic acids is 1. The molecular weight excluding hydrogens is 232 g/mol. The standard InChI is InChI=1S/C13H10N2O3/c16-13(17)12-6-2-1-4-10(12)8-14-15-9-11-5-3-7-18-11/h1-9H,(H,16,17)/b14-8+,15-9+. The molecule has 0 atom stereocenters.